The minimum Gasteiger partial charge on any atom is -0.390 e. The number of allylic oxidation sites excluding steroid dienone is 2. The average Bonchev–Trinajstić information content (AvgIpc) is 2.89. The zero-order chi connectivity index (χ0) is 15.4. The fourth-order valence-electron chi connectivity index (χ4n) is 3.18. The van der Waals surface area contributed by atoms with Crippen LogP contribution in [0.3, 0.4) is 0 Å². The van der Waals surface area contributed by atoms with Crippen molar-refractivity contribution < 1.29 is 9.59 Å². The molecule has 0 amide bonds. The Bertz CT molecular complexity index is 325. The molecule has 1 atom stereocenters. The summed E-state index contributed by atoms with van der Waals surface area (Å²) in [7, 11) is 0. The van der Waals surface area contributed by atoms with E-state index in [2.05, 4.69) is 26.0 Å². The van der Waals surface area contributed by atoms with Crippen LogP contribution in [-0.4, -0.2) is 48.2 Å². The van der Waals surface area contributed by atoms with Crippen LogP contribution in [0, 0.1) is 0 Å². The van der Waals surface area contributed by atoms with E-state index in [-0.39, 0.29) is 6.61 Å². The van der Waals surface area contributed by atoms with Crippen molar-refractivity contribution in [2.75, 3.05) is 32.8 Å². The van der Waals surface area contributed by atoms with E-state index < -0.39 is 0 Å². The summed E-state index contributed by atoms with van der Waals surface area (Å²) in [5.41, 5.74) is 0. The molecular formula is C18H35N2O+. The second-order valence-corrected chi connectivity index (χ2v) is 6.14. The molecule has 0 aromatic rings. The van der Waals surface area contributed by atoms with Gasteiger partial charge in [0, 0.05) is 6.42 Å². The van der Waals surface area contributed by atoms with Crippen LogP contribution in [0.1, 0.15) is 65.2 Å². The molecule has 0 aromatic carbocycles. The Kier molecular flexibility index (Phi) is 9.60. The lowest BCUT2D eigenvalue weighted by atomic mass is 10.1. The summed E-state index contributed by atoms with van der Waals surface area (Å²) >= 11 is 0. The number of likely N-dealkylation sites (N-methyl/N-ethyl adjacent to an activating group) is 1. The van der Waals surface area contributed by atoms with E-state index >= 15 is 0 Å². The Morgan fingerprint density at radius 2 is 1.86 bits per heavy atom. The van der Waals surface area contributed by atoms with E-state index in [0.717, 1.165) is 37.1 Å². The Labute approximate surface area is 131 Å². The van der Waals surface area contributed by atoms with Crippen molar-refractivity contribution in [2.45, 2.75) is 65.2 Å². The molecule has 1 aliphatic heterocycles. The smallest absolute Gasteiger partial charge is 0.198 e. The van der Waals surface area contributed by atoms with E-state index in [4.69, 9.17) is 4.99 Å². The van der Waals surface area contributed by atoms with Gasteiger partial charge in [-0.3, -0.25) is 4.48 Å². The molecule has 21 heavy (non-hydrogen) atoms. The summed E-state index contributed by atoms with van der Waals surface area (Å²) in [5.74, 6) is 1.34. The molecule has 0 aromatic heterocycles. The van der Waals surface area contributed by atoms with Gasteiger partial charge in [0.2, 0.25) is 0 Å². The van der Waals surface area contributed by atoms with E-state index in [1.165, 1.54) is 50.8 Å². The molecule has 3 nitrogen and oxygen atoms in total. The number of aliphatic hydroxyl groups is 1. The minimum atomic E-state index is 0.273. The van der Waals surface area contributed by atoms with Gasteiger partial charge in [0.1, 0.15) is 13.1 Å². The van der Waals surface area contributed by atoms with Gasteiger partial charge in [-0.1, -0.05) is 38.3 Å². The highest BCUT2D eigenvalue weighted by Gasteiger charge is 2.35. The molecular weight excluding hydrogens is 260 g/mol. The van der Waals surface area contributed by atoms with E-state index in [1.54, 1.807) is 0 Å². The van der Waals surface area contributed by atoms with Gasteiger partial charge in [-0.05, 0) is 32.6 Å². The molecule has 0 radical (unpaired) electrons. The topological polar surface area (TPSA) is 32.6 Å². The summed E-state index contributed by atoms with van der Waals surface area (Å²) in [6, 6.07) is 0. The van der Waals surface area contributed by atoms with Crippen molar-refractivity contribution in [1.82, 2.24) is 0 Å². The number of quaternary nitrogens is 1. The number of unbranched alkanes of at least 4 members (excludes halogenated alkanes) is 5. The zero-order valence-electron chi connectivity index (χ0n) is 14.2. The fourth-order valence-corrected chi connectivity index (χ4v) is 3.18. The molecule has 3 heteroatoms. The normalized spacial score (nSPS) is 22.1. The maximum absolute atomic E-state index is 9.29. The highest BCUT2D eigenvalue weighted by Crippen LogP contribution is 2.19. The summed E-state index contributed by atoms with van der Waals surface area (Å²) in [4.78, 5) is 4.71. The first kappa shape index (κ1) is 18.4. The molecule has 1 aliphatic rings. The van der Waals surface area contributed by atoms with Gasteiger partial charge in [0.25, 0.3) is 0 Å². The number of aliphatic imine (C=N–C) groups is 1. The molecule has 1 unspecified atom stereocenters. The van der Waals surface area contributed by atoms with Crippen LogP contribution in [0.15, 0.2) is 17.1 Å². The van der Waals surface area contributed by atoms with Crippen LogP contribution in [0.25, 0.3) is 0 Å². The number of aliphatic hydroxyl groups excluding tert-OH is 1. The molecule has 0 bridgehead atoms. The monoisotopic (exact) mass is 295 g/mol. The van der Waals surface area contributed by atoms with Gasteiger partial charge >= 0.3 is 0 Å². The molecule has 1 N–H and O–H groups in total. The number of amidine groups is 1. The van der Waals surface area contributed by atoms with Crippen LogP contribution < -0.4 is 0 Å². The second-order valence-electron chi connectivity index (χ2n) is 6.14. The number of hydrogen-bond donors (Lipinski definition) is 1. The van der Waals surface area contributed by atoms with Crippen LogP contribution in [0.4, 0.5) is 0 Å². The fraction of sp³-hybridized carbons (Fsp3) is 0.833. The third-order valence-corrected chi connectivity index (χ3v) is 4.67. The summed E-state index contributed by atoms with van der Waals surface area (Å²) in [6.45, 7) is 8.68. The Morgan fingerprint density at radius 1 is 1.10 bits per heavy atom. The Morgan fingerprint density at radius 3 is 2.52 bits per heavy atom. The van der Waals surface area contributed by atoms with Crippen molar-refractivity contribution in [2.24, 2.45) is 4.99 Å². The Balaban J connectivity index is 2.16. The first-order valence-corrected chi connectivity index (χ1v) is 8.95. The lowest BCUT2D eigenvalue weighted by Gasteiger charge is -2.33. The van der Waals surface area contributed by atoms with Gasteiger partial charge in [0.05, 0.1) is 19.7 Å². The largest absolute Gasteiger partial charge is 0.390 e. The summed E-state index contributed by atoms with van der Waals surface area (Å²) < 4.78 is 0.938. The van der Waals surface area contributed by atoms with Crippen LogP contribution >= 0.6 is 0 Å². The molecule has 122 valence electrons. The summed E-state index contributed by atoms with van der Waals surface area (Å²) in [6.07, 6.45) is 14.7. The molecule has 0 saturated heterocycles. The molecule has 0 spiro atoms. The van der Waals surface area contributed by atoms with Crippen LogP contribution in [-0.2, 0) is 0 Å². The van der Waals surface area contributed by atoms with E-state index in [0.29, 0.717) is 0 Å². The van der Waals surface area contributed by atoms with Gasteiger partial charge in [-0.2, -0.15) is 0 Å². The lowest BCUT2D eigenvalue weighted by molar-refractivity contribution is -0.835. The van der Waals surface area contributed by atoms with Gasteiger partial charge in [-0.25, -0.2) is 4.99 Å². The predicted octanol–water partition coefficient (Wildman–Crippen LogP) is 3.92. The molecule has 0 aliphatic carbocycles. The maximum atomic E-state index is 9.29. The molecule has 0 saturated carbocycles. The van der Waals surface area contributed by atoms with Crippen molar-refractivity contribution in [3.05, 3.63) is 12.2 Å². The lowest BCUT2D eigenvalue weighted by Crippen LogP contribution is -2.52. The molecule has 1 heterocycles. The number of nitrogens with zero attached hydrogens (tertiary/aromatic N) is 2. The third-order valence-electron chi connectivity index (χ3n) is 4.67. The SMILES string of the molecule is CCCC/C=C/CCCCCC1=NCC[N+]1(CC)CCO. The zero-order valence-corrected chi connectivity index (χ0v) is 14.2. The van der Waals surface area contributed by atoms with Crippen LogP contribution in [0.5, 0.6) is 0 Å². The van der Waals surface area contributed by atoms with Gasteiger partial charge in [0.15, 0.2) is 5.84 Å². The first-order chi connectivity index (χ1) is 10.3. The van der Waals surface area contributed by atoms with Gasteiger partial charge in [-0.15, -0.1) is 0 Å². The molecule has 0 fully saturated rings. The minimum absolute atomic E-state index is 0.273. The van der Waals surface area contributed by atoms with E-state index in [1.807, 2.05) is 0 Å². The average molecular weight is 295 g/mol. The second kappa shape index (κ2) is 11.0. The molecule has 1 rings (SSSR count). The highest BCUT2D eigenvalue weighted by atomic mass is 16.3. The summed E-state index contributed by atoms with van der Waals surface area (Å²) in [5, 5.41) is 9.29. The van der Waals surface area contributed by atoms with Crippen molar-refractivity contribution in [3.8, 4) is 0 Å². The van der Waals surface area contributed by atoms with E-state index in [9.17, 15) is 5.11 Å². The van der Waals surface area contributed by atoms with Crippen LogP contribution in [0.2, 0.25) is 0 Å². The highest BCUT2D eigenvalue weighted by molar-refractivity contribution is 5.76. The first-order valence-electron chi connectivity index (χ1n) is 8.95. The predicted molar refractivity (Wildman–Crippen MR) is 91.7 cm³/mol. The third kappa shape index (κ3) is 6.31. The number of rotatable bonds is 12. The van der Waals surface area contributed by atoms with Crippen molar-refractivity contribution >= 4 is 5.84 Å². The number of hydrogen-bond acceptors (Lipinski definition) is 2. The Hall–Kier alpha value is -0.670. The van der Waals surface area contributed by atoms with Crippen molar-refractivity contribution in [1.29, 1.82) is 0 Å². The maximum Gasteiger partial charge on any atom is 0.198 e. The van der Waals surface area contributed by atoms with Gasteiger partial charge < -0.3 is 5.11 Å². The van der Waals surface area contributed by atoms with Crippen molar-refractivity contribution in [3.63, 3.8) is 0 Å². The standard InChI is InChI=1S/C18H35N2O/c1-3-5-6-7-8-9-10-11-12-13-18-19-14-15-20(18,4-2)16-17-21/h7-8,21H,3-6,9-17H2,1-2H3/q+1/b8-7+. The quantitative estimate of drug-likeness (QED) is 0.330.